The Balaban J connectivity index is 1.80. The van der Waals surface area contributed by atoms with E-state index in [2.05, 4.69) is 5.32 Å². The standard InChI is InChI=1S/C21H17NO3/c1-14-7-8-18(21(24)25)13-19(14)22-20(23)17-11-9-16(10-12-17)15-5-3-2-4-6-15/h2-13H,1H3,(H,22,23)(H,24,25). The van der Waals surface area contributed by atoms with E-state index in [1.165, 1.54) is 12.1 Å². The number of aromatic carboxylic acids is 1. The van der Waals surface area contributed by atoms with Crippen molar-refractivity contribution in [2.45, 2.75) is 6.92 Å². The van der Waals surface area contributed by atoms with Crippen LogP contribution in [0.2, 0.25) is 0 Å². The molecule has 3 aromatic rings. The predicted octanol–water partition coefficient (Wildman–Crippen LogP) is 4.61. The van der Waals surface area contributed by atoms with Gasteiger partial charge < -0.3 is 10.4 Å². The molecule has 124 valence electrons. The minimum Gasteiger partial charge on any atom is -0.478 e. The summed E-state index contributed by atoms with van der Waals surface area (Å²) in [6.45, 7) is 1.82. The van der Waals surface area contributed by atoms with E-state index in [9.17, 15) is 9.59 Å². The van der Waals surface area contributed by atoms with Crippen molar-refractivity contribution in [2.75, 3.05) is 5.32 Å². The molecule has 1 amide bonds. The number of carboxylic acids is 1. The lowest BCUT2D eigenvalue weighted by atomic mass is 10.0. The largest absolute Gasteiger partial charge is 0.478 e. The summed E-state index contributed by atoms with van der Waals surface area (Å²) in [6, 6.07) is 21.9. The zero-order valence-electron chi connectivity index (χ0n) is 13.7. The normalized spacial score (nSPS) is 10.3. The summed E-state index contributed by atoms with van der Waals surface area (Å²) < 4.78 is 0. The van der Waals surface area contributed by atoms with Gasteiger partial charge in [-0.1, -0.05) is 48.5 Å². The van der Waals surface area contributed by atoms with Crippen molar-refractivity contribution in [3.63, 3.8) is 0 Å². The summed E-state index contributed by atoms with van der Waals surface area (Å²) in [5, 5.41) is 11.9. The topological polar surface area (TPSA) is 66.4 Å². The van der Waals surface area contributed by atoms with Gasteiger partial charge in [0.05, 0.1) is 5.56 Å². The Morgan fingerprint density at radius 1 is 0.800 bits per heavy atom. The van der Waals surface area contributed by atoms with E-state index in [1.807, 2.05) is 49.4 Å². The Morgan fingerprint density at radius 2 is 1.40 bits per heavy atom. The Morgan fingerprint density at radius 3 is 2.04 bits per heavy atom. The third kappa shape index (κ3) is 3.75. The van der Waals surface area contributed by atoms with Crippen molar-refractivity contribution >= 4 is 17.6 Å². The number of carbonyl (C=O) groups excluding carboxylic acids is 1. The summed E-state index contributed by atoms with van der Waals surface area (Å²) in [4.78, 5) is 23.5. The van der Waals surface area contributed by atoms with Crippen LogP contribution < -0.4 is 5.32 Å². The monoisotopic (exact) mass is 331 g/mol. The molecule has 0 spiro atoms. The number of carboxylic acid groups (broad SMARTS) is 1. The fourth-order valence-electron chi connectivity index (χ4n) is 2.53. The van der Waals surface area contributed by atoms with Crippen LogP contribution in [-0.2, 0) is 0 Å². The van der Waals surface area contributed by atoms with E-state index in [1.54, 1.807) is 18.2 Å². The number of carbonyl (C=O) groups is 2. The van der Waals surface area contributed by atoms with Crippen molar-refractivity contribution in [3.05, 3.63) is 89.5 Å². The van der Waals surface area contributed by atoms with Crippen molar-refractivity contribution in [1.29, 1.82) is 0 Å². The van der Waals surface area contributed by atoms with Crippen molar-refractivity contribution in [2.24, 2.45) is 0 Å². The molecular weight excluding hydrogens is 314 g/mol. The molecular formula is C21H17NO3. The molecule has 0 heterocycles. The highest BCUT2D eigenvalue weighted by atomic mass is 16.4. The smallest absolute Gasteiger partial charge is 0.335 e. The molecule has 0 fully saturated rings. The molecule has 0 saturated heterocycles. The third-order valence-corrected chi connectivity index (χ3v) is 3.99. The second-order valence-electron chi connectivity index (χ2n) is 5.73. The molecule has 0 aliphatic carbocycles. The van der Waals surface area contributed by atoms with Crippen LogP contribution in [0.25, 0.3) is 11.1 Å². The molecule has 0 saturated carbocycles. The molecule has 4 heteroatoms. The van der Waals surface area contributed by atoms with Gasteiger partial charge in [0, 0.05) is 11.3 Å². The number of hydrogen-bond donors (Lipinski definition) is 2. The number of aryl methyl sites for hydroxylation is 1. The summed E-state index contributed by atoms with van der Waals surface area (Å²) in [5.41, 5.74) is 4.07. The highest BCUT2D eigenvalue weighted by molar-refractivity contribution is 6.05. The lowest BCUT2D eigenvalue weighted by Crippen LogP contribution is -2.13. The fraction of sp³-hybridized carbons (Fsp3) is 0.0476. The van der Waals surface area contributed by atoms with Gasteiger partial charge in [0.2, 0.25) is 0 Å². The predicted molar refractivity (Wildman–Crippen MR) is 98.0 cm³/mol. The minimum atomic E-state index is -1.03. The van der Waals surface area contributed by atoms with Crippen LogP contribution in [0.4, 0.5) is 5.69 Å². The summed E-state index contributed by atoms with van der Waals surface area (Å²) in [7, 11) is 0. The second-order valence-corrected chi connectivity index (χ2v) is 5.73. The molecule has 0 aromatic heterocycles. The quantitative estimate of drug-likeness (QED) is 0.733. The highest BCUT2D eigenvalue weighted by Crippen LogP contribution is 2.21. The van der Waals surface area contributed by atoms with E-state index in [0.29, 0.717) is 11.3 Å². The van der Waals surface area contributed by atoms with Gasteiger partial charge in [-0.3, -0.25) is 4.79 Å². The van der Waals surface area contributed by atoms with Crippen LogP contribution in [-0.4, -0.2) is 17.0 Å². The van der Waals surface area contributed by atoms with E-state index in [4.69, 9.17) is 5.11 Å². The van der Waals surface area contributed by atoms with Crippen LogP contribution in [0.1, 0.15) is 26.3 Å². The minimum absolute atomic E-state index is 0.139. The molecule has 0 aliphatic rings. The first kappa shape index (κ1) is 16.5. The average molecular weight is 331 g/mol. The number of nitrogens with one attached hydrogen (secondary N) is 1. The number of amides is 1. The van der Waals surface area contributed by atoms with Crippen molar-refractivity contribution < 1.29 is 14.7 Å². The van der Waals surface area contributed by atoms with Gasteiger partial charge in [0.1, 0.15) is 0 Å². The first-order chi connectivity index (χ1) is 12.0. The summed E-state index contributed by atoms with van der Waals surface area (Å²) in [5.74, 6) is -1.30. The number of rotatable bonds is 4. The molecule has 25 heavy (non-hydrogen) atoms. The maximum absolute atomic E-state index is 12.4. The summed E-state index contributed by atoms with van der Waals surface area (Å²) >= 11 is 0. The van der Waals surface area contributed by atoms with Gasteiger partial charge in [0.15, 0.2) is 0 Å². The Bertz CT molecular complexity index is 916. The molecule has 3 aromatic carbocycles. The number of benzene rings is 3. The molecule has 4 nitrogen and oxygen atoms in total. The first-order valence-electron chi connectivity index (χ1n) is 7.85. The van der Waals surface area contributed by atoms with Gasteiger partial charge in [-0.2, -0.15) is 0 Å². The van der Waals surface area contributed by atoms with Crippen LogP contribution in [0, 0.1) is 6.92 Å². The van der Waals surface area contributed by atoms with Crippen LogP contribution in [0.3, 0.4) is 0 Å². The highest BCUT2D eigenvalue weighted by Gasteiger charge is 2.11. The summed E-state index contributed by atoms with van der Waals surface area (Å²) in [6.07, 6.45) is 0. The number of hydrogen-bond acceptors (Lipinski definition) is 2. The molecule has 0 radical (unpaired) electrons. The molecule has 0 bridgehead atoms. The van der Waals surface area contributed by atoms with Gasteiger partial charge in [-0.25, -0.2) is 4.79 Å². The zero-order chi connectivity index (χ0) is 17.8. The van der Waals surface area contributed by atoms with Crippen molar-refractivity contribution in [3.8, 4) is 11.1 Å². The Kier molecular flexibility index (Phi) is 4.61. The third-order valence-electron chi connectivity index (χ3n) is 3.99. The molecule has 0 atom stereocenters. The van der Waals surface area contributed by atoms with Crippen LogP contribution in [0.5, 0.6) is 0 Å². The van der Waals surface area contributed by atoms with E-state index >= 15 is 0 Å². The lowest BCUT2D eigenvalue weighted by Gasteiger charge is -2.10. The van der Waals surface area contributed by atoms with Gasteiger partial charge in [-0.15, -0.1) is 0 Å². The van der Waals surface area contributed by atoms with Crippen LogP contribution >= 0.6 is 0 Å². The van der Waals surface area contributed by atoms with E-state index < -0.39 is 5.97 Å². The Hall–Kier alpha value is -3.40. The lowest BCUT2D eigenvalue weighted by molar-refractivity contribution is 0.0696. The molecule has 3 rings (SSSR count). The molecule has 2 N–H and O–H groups in total. The zero-order valence-corrected chi connectivity index (χ0v) is 13.7. The van der Waals surface area contributed by atoms with Crippen molar-refractivity contribution in [1.82, 2.24) is 0 Å². The van der Waals surface area contributed by atoms with Gasteiger partial charge in [0.25, 0.3) is 5.91 Å². The van der Waals surface area contributed by atoms with Gasteiger partial charge >= 0.3 is 5.97 Å². The maximum atomic E-state index is 12.4. The molecule has 0 aliphatic heterocycles. The SMILES string of the molecule is Cc1ccc(C(=O)O)cc1NC(=O)c1ccc(-c2ccccc2)cc1. The second kappa shape index (κ2) is 7.01. The van der Waals surface area contributed by atoms with E-state index in [0.717, 1.165) is 16.7 Å². The average Bonchev–Trinajstić information content (AvgIpc) is 2.64. The maximum Gasteiger partial charge on any atom is 0.335 e. The van der Waals surface area contributed by atoms with Gasteiger partial charge in [-0.05, 0) is 47.9 Å². The van der Waals surface area contributed by atoms with Crippen LogP contribution in [0.15, 0.2) is 72.8 Å². The van der Waals surface area contributed by atoms with E-state index in [-0.39, 0.29) is 11.5 Å². The Labute approximate surface area is 145 Å². The number of anilines is 1. The fourth-order valence-corrected chi connectivity index (χ4v) is 2.53. The first-order valence-corrected chi connectivity index (χ1v) is 7.85. The molecule has 0 unspecified atom stereocenters.